The molecule has 0 aromatic heterocycles. The highest BCUT2D eigenvalue weighted by atomic mass is 32.2. The Morgan fingerprint density at radius 2 is 2.29 bits per heavy atom. The quantitative estimate of drug-likeness (QED) is 0.473. The molecule has 0 aliphatic heterocycles. The van der Waals surface area contributed by atoms with Gasteiger partial charge in [0.05, 0.1) is 0 Å². The number of rotatable bonds is 0. The van der Waals surface area contributed by atoms with Crippen molar-refractivity contribution in [3.8, 4) is 0 Å². The van der Waals surface area contributed by atoms with Crippen LogP contribution in [0.5, 0.6) is 0 Å². The maximum Gasteiger partial charge on any atom is 0.136 e. The molecular weight excluding hydrogens is 110 g/mol. The van der Waals surface area contributed by atoms with Crippen LogP contribution in [-0.4, -0.2) is 9.30 Å². The van der Waals surface area contributed by atoms with Gasteiger partial charge < -0.3 is 4.55 Å². The van der Waals surface area contributed by atoms with Crippen LogP contribution in [0.15, 0.2) is 0 Å². The third kappa shape index (κ3) is 2.91. The van der Waals surface area contributed by atoms with Gasteiger partial charge in [-0.15, -0.1) is 0 Å². The van der Waals surface area contributed by atoms with Gasteiger partial charge in [0.15, 0.2) is 0 Å². The Labute approximate surface area is 48.8 Å². The molecule has 0 fully saturated rings. The average Bonchev–Trinajstić information content (AvgIpc) is 1.67. The summed E-state index contributed by atoms with van der Waals surface area (Å²) in [6.07, 6.45) is 0. The van der Waals surface area contributed by atoms with Crippen molar-refractivity contribution in [1.29, 1.82) is 0 Å². The van der Waals surface area contributed by atoms with Gasteiger partial charge in [-0.25, -0.2) is 0 Å². The number of hydrogen-bond donors (Lipinski definition) is 1. The summed E-state index contributed by atoms with van der Waals surface area (Å²) in [5.41, 5.74) is 0. The first-order chi connectivity index (χ1) is 3.50. The van der Waals surface area contributed by atoms with Crippen LogP contribution in [0.25, 0.3) is 0 Å². The zero-order chi connectivity index (χ0) is 6.78. The highest BCUT2D eigenvalue weighted by Gasteiger charge is 2.21. The second kappa shape index (κ2) is 2.03. The van der Waals surface area contributed by atoms with Crippen molar-refractivity contribution >= 4 is 11.4 Å². The maximum absolute atomic E-state index is 10.5. The van der Waals surface area contributed by atoms with E-state index in [1.54, 1.807) is 13.8 Å². The topological polar surface area (TPSA) is 49.1 Å². The molecule has 7 heavy (non-hydrogen) atoms. The first kappa shape index (κ1) is 5.41. The third-order valence-electron chi connectivity index (χ3n) is 0.545. The van der Waals surface area contributed by atoms with Gasteiger partial charge in [-0.1, -0.05) is 0 Å². The van der Waals surface area contributed by atoms with Gasteiger partial charge in [-0.3, -0.25) is 0 Å². The van der Waals surface area contributed by atoms with Gasteiger partial charge in [0.2, 0.25) is 0 Å². The molecule has 2 N–H and O–H groups in total. The van der Waals surface area contributed by atoms with Gasteiger partial charge in [0.1, 0.15) is 4.75 Å². The Morgan fingerprint density at radius 3 is 2.29 bits per heavy atom. The van der Waals surface area contributed by atoms with Crippen LogP contribution in [0.4, 0.5) is 0 Å². The van der Waals surface area contributed by atoms with E-state index in [1.165, 1.54) is 0 Å². The van der Waals surface area contributed by atoms with Crippen LogP contribution in [0.3, 0.4) is 0 Å². The molecule has 0 aliphatic rings. The molecule has 0 saturated heterocycles. The summed E-state index contributed by atoms with van der Waals surface area (Å²) < 4.78 is 16.8. The minimum absolute atomic E-state index is 0.107. The van der Waals surface area contributed by atoms with Crippen LogP contribution in [-0.2, 0) is 11.4 Å². The molecule has 0 aliphatic carbocycles. The fourth-order valence-corrected chi connectivity index (χ4v) is 0. The van der Waals surface area contributed by atoms with Crippen LogP contribution in [0.1, 0.15) is 22.1 Å². The zero-order valence-corrected chi connectivity index (χ0v) is 5.42. The number of nitrogens with two attached hydrogens (primary N) is 1. The van der Waals surface area contributed by atoms with E-state index in [2.05, 4.69) is 0 Å². The van der Waals surface area contributed by atoms with E-state index in [0.29, 0.717) is 0 Å². The second-order valence-corrected chi connectivity index (χ2v) is 3.76. The molecule has 0 bridgehead atoms. The summed E-state index contributed by atoms with van der Waals surface area (Å²) in [6, 6.07) is 0. The molecule has 0 rings (SSSR count). The van der Waals surface area contributed by atoms with Crippen LogP contribution in [0.2, 0.25) is 0 Å². The maximum atomic E-state index is 10.5. The summed E-state index contributed by atoms with van der Waals surface area (Å²) >= 11 is -1.36. The Balaban J connectivity index is 3.71. The summed E-state index contributed by atoms with van der Waals surface area (Å²) in [5.74, 6) is 0. The normalized spacial score (nSPS) is 18.6. The fourth-order valence-electron chi connectivity index (χ4n) is 0. The van der Waals surface area contributed by atoms with E-state index in [0.717, 1.165) is 0 Å². The molecular formula is C4H11NOS. The van der Waals surface area contributed by atoms with Gasteiger partial charge in [0.25, 0.3) is 0 Å². The number of hydrogen-bond acceptors (Lipinski definition) is 2. The van der Waals surface area contributed by atoms with Gasteiger partial charge >= 0.3 is 0 Å². The Bertz CT molecular complexity index is 76.4. The van der Waals surface area contributed by atoms with Crippen LogP contribution >= 0.6 is 0 Å². The van der Waals surface area contributed by atoms with E-state index >= 15 is 0 Å². The lowest BCUT2D eigenvalue weighted by Gasteiger charge is -2.17. The molecule has 0 spiro atoms. The van der Waals surface area contributed by atoms with E-state index in [1.807, 2.05) is 0 Å². The van der Waals surface area contributed by atoms with Crippen molar-refractivity contribution in [1.82, 2.24) is 0 Å². The lowest BCUT2D eigenvalue weighted by molar-refractivity contribution is 0.561. The SMILES string of the molecule is [2H]CC(C)(C)[S+](N)[O-]. The molecule has 0 radical (unpaired) electrons. The van der Waals surface area contributed by atoms with Crippen molar-refractivity contribution in [2.45, 2.75) is 25.5 Å². The van der Waals surface area contributed by atoms with E-state index in [4.69, 9.17) is 6.51 Å². The average molecular weight is 122 g/mol. The van der Waals surface area contributed by atoms with Crippen LogP contribution < -0.4 is 5.14 Å². The lowest BCUT2D eigenvalue weighted by Crippen LogP contribution is -2.34. The summed E-state index contributed by atoms with van der Waals surface area (Å²) in [7, 11) is 0. The summed E-state index contributed by atoms with van der Waals surface area (Å²) in [4.78, 5) is 0. The molecule has 0 aromatic carbocycles. The molecule has 2 nitrogen and oxygen atoms in total. The standard InChI is InChI=1S/C4H11NOS/c1-4(2,3)7(5)6/h5H2,1-3H3/i1D. The monoisotopic (exact) mass is 122 g/mol. The van der Waals surface area contributed by atoms with Gasteiger partial charge in [0, 0.05) is 12.7 Å². The smallest absolute Gasteiger partial charge is 0.136 e. The summed E-state index contributed by atoms with van der Waals surface area (Å²) in [5, 5.41) is 5.03. The Hall–Kier alpha value is 0.270. The van der Waals surface area contributed by atoms with Crippen molar-refractivity contribution < 1.29 is 5.92 Å². The molecule has 0 amide bonds. The minimum Gasteiger partial charge on any atom is -0.598 e. The van der Waals surface area contributed by atoms with Crippen molar-refractivity contribution in [2.75, 3.05) is 0 Å². The predicted octanol–water partition coefficient (Wildman–Crippen LogP) is 0.407. The highest BCUT2D eigenvalue weighted by molar-refractivity contribution is 7.90. The molecule has 0 saturated carbocycles. The lowest BCUT2D eigenvalue weighted by atomic mass is 10.3. The van der Waals surface area contributed by atoms with Gasteiger partial charge in [-0.05, 0) is 20.7 Å². The first-order valence-corrected chi connectivity index (χ1v) is 3.17. The summed E-state index contributed by atoms with van der Waals surface area (Å²) in [6.45, 7) is 3.52. The van der Waals surface area contributed by atoms with E-state index < -0.39 is 16.1 Å². The predicted molar refractivity (Wildman–Crippen MR) is 32.1 cm³/mol. The zero-order valence-electron chi connectivity index (χ0n) is 5.60. The minimum atomic E-state index is -1.36. The largest absolute Gasteiger partial charge is 0.598 e. The van der Waals surface area contributed by atoms with Crippen molar-refractivity contribution in [3.63, 3.8) is 0 Å². The van der Waals surface area contributed by atoms with Crippen molar-refractivity contribution in [2.24, 2.45) is 5.14 Å². The highest BCUT2D eigenvalue weighted by Crippen LogP contribution is 2.09. The first-order valence-electron chi connectivity index (χ1n) is 2.67. The second-order valence-electron chi connectivity index (χ2n) is 2.06. The molecule has 0 heterocycles. The fraction of sp³-hybridized carbons (Fsp3) is 1.00. The molecule has 1 atom stereocenters. The molecule has 3 heteroatoms. The van der Waals surface area contributed by atoms with Gasteiger partial charge in [-0.2, -0.15) is 5.14 Å². The Morgan fingerprint density at radius 1 is 1.86 bits per heavy atom. The van der Waals surface area contributed by atoms with E-state index in [9.17, 15) is 4.55 Å². The molecule has 44 valence electrons. The van der Waals surface area contributed by atoms with Crippen molar-refractivity contribution in [3.05, 3.63) is 0 Å². The van der Waals surface area contributed by atoms with E-state index in [-0.39, 0.29) is 6.90 Å². The third-order valence-corrected chi connectivity index (χ3v) is 1.63. The Kier molecular flexibility index (Phi) is 1.57. The molecule has 0 aromatic rings. The molecule has 1 unspecified atom stereocenters. The van der Waals surface area contributed by atoms with Crippen LogP contribution in [0, 0.1) is 0 Å².